The summed E-state index contributed by atoms with van der Waals surface area (Å²) in [7, 11) is 1.56. The van der Waals surface area contributed by atoms with Gasteiger partial charge in [0.05, 0.1) is 60.1 Å². The number of halogens is 1. The van der Waals surface area contributed by atoms with Crippen LogP contribution in [0, 0.1) is 19.8 Å². The molecular weight excluding hydrogens is 489 g/mol. The Morgan fingerprint density at radius 2 is 1.82 bits per heavy atom. The van der Waals surface area contributed by atoms with Crippen molar-refractivity contribution in [3.63, 3.8) is 0 Å². The third-order valence-corrected chi connectivity index (χ3v) is 5.45. The fourth-order valence-electron chi connectivity index (χ4n) is 3.59. The van der Waals surface area contributed by atoms with Gasteiger partial charge in [0, 0.05) is 29.6 Å². The first kappa shape index (κ1) is 26.4. The molecule has 4 rings (SSSR count). The summed E-state index contributed by atoms with van der Waals surface area (Å²) in [5.41, 5.74) is 6.79. The molecule has 3 N–H and O–H groups in total. The molecular formula is C27H28FN7O3. The monoisotopic (exact) mass is 517 g/mol. The van der Waals surface area contributed by atoms with Crippen molar-refractivity contribution in [3.05, 3.63) is 77.9 Å². The lowest BCUT2D eigenvalue weighted by Crippen LogP contribution is -2.25. The van der Waals surface area contributed by atoms with Crippen LogP contribution in [0.5, 0.6) is 5.75 Å². The SMILES string of the molecule is CCCONC(=O)c1cnc(Nc2cnc(F)c(C)c2)cc1Nc1cccc(-c2cnc(C)cn2)c1OC. The Labute approximate surface area is 219 Å². The summed E-state index contributed by atoms with van der Waals surface area (Å²) in [4.78, 5) is 35.0. The number of rotatable bonds is 10. The molecule has 38 heavy (non-hydrogen) atoms. The molecule has 3 aromatic heterocycles. The zero-order chi connectivity index (χ0) is 27.1. The molecule has 3 heterocycles. The molecule has 0 saturated carbocycles. The number of methoxy groups -OCH3 is 1. The van der Waals surface area contributed by atoms with Crippen LogP contribution >= 0.6 is 0 Å². The van der Waals surface area contributed by atoms with Crippen LogP contribution in [-0.2, 0) is 4.84 Å². The van der Waals surface area contributed by atoms with E-state index in [9.17, 15) is 9.18 Å². The van der Waals surface area contributed by atoms with Crippen LogP contribution in [0.4, 0.5) is 27.3 Å². The molecule has 10 nitrogen and oxygen atoms in total. The number of benzene rings is 1. The van der Waals surface area contributed by atoms with Crippen LogP contribution in [0.25, 0.3) is 11.3 Å². The van der Waals surface area contributed by atoms with Gasteiger partial charge in [-0.05, 0) is 38.5 Å². The van der Waals surface area contributed by atoms with Crippen LogP contribution in [0.3, 0.4) is 0 Å². The Hall–Kier alpha value is -4.64. The average Bonchev–Trinajstić information content (AvgIpc) is 2.91. The molecule has 1 aromatic carbocycles. The predicted molar refractivity (Wildman–Crippen MR) is 142 cm³/mol. The molecule has 11 heteroatoms. The minimum Gasteiger partial charge on any atom is -0.494 e. The van der Waals surface area contributed by atoms with Crippen LogP contribution < -0.4 is 20.9 Å². The molecule has 1 amide bonds. The largest absolute Gasteiger partial charge is 0.494 e. The molecule has 4 aromatic rings. The quantitative estimate of drug-likeness (QED) is 0.147. The van der Waals surface area contributed by atoms with Crippen LogP contribution in [0.2, 0.25) is 0 Å². The topological polar surface area (TPSA) is 123 Å². The zero-order valence-corrected chi connectivity index (χ0v) is 21.5. The summed E-state index contributed by atoms with van der Waals surface area (Å²) in [5.74, 6) is -0.0937. The molecule has 0 fully saturated rings. The van der Waals surface area contributed by atoms with Gasteiger partial charge in [0.1, 0.15) is 5.82 Å². The highest BCUT2D eigenvalue weighted by atomic mass is 19.1. The summed E-state index contributed by atoms with van der Waals surface area (Å²) in [5, 5.41) is 6.38. The van der Waals surface area contributed by atoms with Gasteiger partial charge in [-0.15, -0.1) is 0 Å². The van der Waals surface area contributed by atoms with Crippen molar-refractivity contribution < 1.29 is 18.8 Å². The number of pyridine rings is 2. The smallest absolute Gasteiger partial charge is 0.278 e. The maximum atomic E-state index is 13.6. The van der Waals surface area contributed by atoms with Gasteiger partial charge in [-0.3, -0.25) is 19.6 Å². The molecule has 0 aliphatic carbocycles. The van der Waals surface area contributed by atoms with E-state index in [1.54, 1.807) is 38.6 Å². The van der Waals surface area contributed by atoms with Crippen molar-refractivity contribution in [1.82, 2.24) is 25.4 Å². The first-order valence-electron chi connectivity index (χ1n) is 11.9. The second kappa shape index (κ2) is 12.1. The molecule has 0 spiro atoms. The number of ether oxygens (including phenoxy) is 1. The van der Waals surface area contributed by atoms with E-state index in [1.165, 1.54) is 12.4 Å². The lowest BCUT2D eigenvalue weighted by Gasteiger charge is -2.18. The van der Waals surface area contributed by atoms with Gasteiger partial charge in [0.2, 0.25) is 5.95 Å². The lowest BCUT2D eigenvalue weighted by atomic mass is 10.1. The summed E-state index contributed by atoms with van der Waals surface area (Å²) < 4.78 is 19.4. The van der Waals surface area contributed by atoms with Gasteiger partial charge in [0.15, 0.2) is 5.75 Å². The molecule has 0 unspecified atom stereocenters. The van der Waals surface area contributed by atoms with Crippen molar-refractivity contribution in [2.45, 2.75) is 27.2 Å². The standard InChI is InChI=1S/C27H28FN7O3/c1-5-9-38-35-27(36)20-14-31-24(33-18-10-16(2)26(28)32-13-18)11-22(20)34-21-8-6-7-19(25(21)37-4)23-15-29-17(3)12-30-23/h6-8,10-15H,5,9H2,1-4H3,(H,35,36)(H2,31,33,34). The molecule has 0 atom stereocenters. The number of amides is 1. The number of hydrogen-bond donors (Lipinski definition) is 3. The maximum absolute atomic E-state index is 13.6. The first-order chi connectivity index (χ1) is 18.4. The Kier molecular flexibility index (Phi) is 8.39. The molecule has 0 radical (unpaired) electrons. The van der Waals surface area contributed by atoms with E-state index < -0.39 is 11.9 Å². The average molecular weight is 518 g/mol. The first-order valence-corrected chi connectivity index (χ1v) is 11.9. The number of anilines is 4. The second-order valence-electron chi connectivity index (χ2n) is 8.41. The third kappa shape index (κ3) is 6.19. The lowest BCUT2D eigenvalue weighted by molar-refractivity contribution is 0.0315. The molecule has 196 valence electrons. The van der Waals surface area contributed by atoms with E-state index in [0.29, 0.717) is 46.5 Å². The van der Waals surface area contributed by atoms with Crippen LogP contribution in [-0.4, -0.2) is 39.6 Å². The fourth-order valence-corrected chi connectivity index (χ4v) is 3.59. The van der Waals surface area contributed by atoms with Crippen LogP contribution in [0.15, 0.2) is 55.1 Å². The minimum absolute atomic E-state index is 0.239. The number of aromatic nitrogens is 4. The van der Waals surface area contributed by atoms with E-state index in [4.69, 9.17) is 9.57 Å². The number of hydroxylamine groups is 1. The number of hydrogen-bond acceptors (Lipinski definition) is 9. The highest BCUT2D eigenvalue weighted by Gasteiger charge is 2.18. The highest BCUT2D eigenvalue weighted by molar-refractivity contribution is 6.00. The Bertz CT molecular complexity index is 1430. The third-order valence-electron chi connectivity index (χ3n) is 5.45. The fraction of sp³-hybridized carbons (Fsp3) is 0.222. The Balaban J connectivity index is 1.72. The summed E-state index contributed by atoms with van der Waals surface area (Å²) in [6, 6.07) is 8.81. The van der Waals surface area contributed by atoms with Gasteiger partial charge in [0.25, 0.3) is 5.91 Å². The van der Waals surface area contributed by atoms with Gasteiger partial charge < -0.3 is 15.4 Å². The Morgan fingerprint density at radius 1 is 0.974 bits per heavy atom. The van der Waals surface area contributed by atoms with Crippen molar-refractivity contribution in [2.24, 2.45) is 0 Å². The van der Waals surface area contributed by atoms with E-state index in [1.807, 2.05) is 32.0 Å². The minimum atomic E-state index is -0.546. The normalized spacial score (nSPS) is 10.7. The Morgan fingerprint density at radius 3 is 2.53 bits per heavy atom. The van der Waals surface area contributed by atoms with Crippen molar-refractivity contribution in [1.29, 1.82) is 0 Å². The van der Waals surface area contributed by atoms with Crippen molar-refractivity contribution in [2.75, 3.05) is 24.4 Å². The number of carbonyl (C=O) groups excluding carboxylic acids is 1. The van der Waals surface area contributed by atoms with E-state index in [2.05, 4.69) is 36.0 Å². The predicted octanol–water partition coefficient (Wildman–Crippen LogP) is 5.26. The molecule has 0 aliphatic heterocycles. The number of carbonyl (C=O) groups is 1. The summed E-state index contributed by atoms with van der Waals surface area (Å²) >= 11 is 0. The highest BCUT2D eigenvalue weighted by Crippen LogP contribution is 2.38. The van der Waals surface area contributed by atoms with Crippen molar-refractivity contribution >= 4 is 28.8 Å². The maximum Gasteiger partial charge on any atom is 0.278 e. The number of nitrogens with zero attached hydrogens (tertiary/aromatic N) is 4. The number of aryl methyl sites for hydroxylation is 2. The van der Waals surface area contributed by atoms with E-state index in [0.717, 1.165) is 17.7 Å². The van der Waals surface area contributed by atoms with E-state index in [-0.39, 0.29) is 5.56 Å². The van der Waals surface area contributed by atoms with E-state index >= 15 is 0 Å². The molecule has 0 aliphatic rings. The van der Waals surface area contributed by atoms with Gasteiger partial charge in [-0.2, -0.15) is 4.39 Å². The number of para-hydroxylation sites is 1. The second-order valence-corrected chi connectivity index (χ2v) is 8.41. The molecule has 0 bridgehead atoms. The number of nitrogens with one attached hydrogen (secondary N) is 3. The summed E-state index contributed by atoms with van der Waals surface area (Å²) in [6.45, 7) is 5.79. The zero-order valence-electron chi connectivity index (χ0n) is 21.5. The van der Waals surface area contributed by atoms with Gasteiger partial charge in [-0.1, -0.05) is 13.0 Å². The molecule has 0 saturated heterocycles. The summed E-state index contributed by atoms with van der Waals surface area (Å²) in [6.07, 6.45) is 6.88. The van der Waals surface area contributed by atoms with Gasteiger partial charge in [-0.25, -0.2) is 15.4 Å². The van der Waals surface area contributed by atoms with Crippen molar-refractivity contribution in [3.8, 4) is 17.0 Å². The van der Waals surface area contributed by atoms with Crippen LogP contribution in [0.1, 0.15) is 35.0 Å². The van der Waals surface area contributed by atoms with Gasteiger partial charge >= 0.3 is 0 Å².